The maximum absolute atomic E-state index is 12.3. The average molecular weight is 444 g/mol. The molecule has 32 heavy (non-hydrogen) atoms. The average Bonchev–Trinajstić information content (AvgIpc) is 3.31. The van der Waals surface area contributed by atoms with Crippen molar-refractivity contribution in [2.75, 3.05) is 5.32 Å². The van der Waals surface area contributed by atoms with E-state index in [0.29, 0.717) is 5.69 Å². The predicted octanol–water partition coefficient (Wildman–Crippen LogP) is 5.29. The molecule has 4 aromatic rings. The fraction of sp³-hybridized carbons (Fsp3) is 0.0800. The lowest BCUT2D eigenvalue weighted by molar-refractivity contribution is -0.139. The lowest BCUT2D eigenvalue weighted by Crippen LogP contribution is -2.44. The summed E-state index contributed by atoms with van der Waals surface area (Å²) in [6.45, 7) is 0. The van der Waals surface area contributed by atoms with E-state index in [-0.39, 0.29) is 6.42 Å². The van der Waals surface area contributed by atoms with Gasteiger partial charge in [-0.25, -0.2) is 14.6 Å². The van der Waals surface area contributed by atoms with Crippen molar-refractivity contribution in [3.05, 3.63) is 95.9 Å². The molecule has 1 atom stereocenters. The third-order valence-electron chi connectivity index (χ3n) is 4.85. The number of nitrogens with one attached hydrogen (secondary N) is 2. The van der Waals surface area contributed by atoms with Gasteiger partial charge in [-0.2, -0.15) is 0 Å². The number of anilines is 1. The van der Waals surface area contributed by atoms with Gasteiger partial charge >= 0.3 is 12.0 Å². The van der Waals surface area contributed by atoms with Gasteiger partial charge in [0.15, 0.2) is 0 Å². The molecule has 0 spiro atoms. The fourth-order valence-corrected chi connectivity index (χ4v) is 4.05. The molecule has 0 aliphatic carbocycles. The number of amides is 2. The maximum Gasteiger partial charge on any atom is 0.326 e. The largest absolute Gasteiger partial charge is 0.480 e. The molecule has 0 saturated carbocycles. The van der Waals surface area contributed by atoms with Crippen LogP contribution in [-0.4, -0.2) is 28.1 Å². The normalized spacial score (nSPS) is 11.5. The van der Waals surface area contributed by atoms with Crippen LogP contribution in [0, 0.1) is 0 Å². The first-order valence-corrected chi connectivity index (χ1v) is 10.9. The molecule has 0 saturated heterocycles. The molecule has 2 amide bonds. The Labute approximate surface area is 189 Å². The summed E-state index contributed by atoms with van der Waals surface area (Å²) in [5, 5.41) is 17.6. The van der Waals surface area contributed by atoms with Crippen LogP contribution in [0.15, 0.2) is 90.3 Å². The lowest BCUT2D eigenvalue weighted by Gasteiger charge is -2.15. The van der Waals surface area contributed by atoms with Crippen molar-refractivity contribution in [1.29, 1.82) is 0 Å². The lowest BCUT2D eigenvalue weighted by atomic mass is 10.1. The van der Waals surface area contributed by atoms with Crippen molar-refractivity contribution >= 4 is 29.0 Å². The van der Waals surface area contributed by atoms with Gasteiger partial charge in [0.05, 0.1) is 5.69 Å². The number of carboxylic acid groups (broad SMARTS) is 1. The Morgan fingerprint density at radius 1 is 0.875 bits per heavy atom. The van der Waals surface area contributed by atoms with Crippen LogP contribution in [0.25, 0.3) is 21.8 Å². The van der Waals surface area contributed by atoms with E-state index in [1.807, 2.05) is 78.2 Å². The zero-order chi connectivity index (χ0) is 22.3. The van der Waals surface area contributed by atoms with Gasteiger partial charge in [0.25, 0.3) is 0 Å². The summed E-state index contributed by atoms with van der Waals surface area (Å²) in [6, 6.07) is 24.9. The second kappa shape index (κ2) is 9.89. The van der Waals surface area contributed by atoms with Gasteiger partial charge in [-0.3, -0.25) is 0 Å². The molecule has 0 aliphatic rings. The number of urea groups is 1. The highest BCUT2D eigenvalue weighted by Crippen LogP contribution is 2.29. The van der Waals surface area contributed by atoms with E-state index < -0.39 is 18.0 Å². The minimum absolute atomic E-state index is 0.204. The third-order valence-corrected chi connectivity index (χ3v) is 5.74. The van der Waals surface area contributed by atoms with Crippen molar-refractivity contribution in [1.82, 2.24) is 10.3 Å². The van der Waals surface area contributed by atoms with Crippen LogP contribution in [0.5, 0.6) is 0 Å². The quantitative estimate of drug-likeness (QED) is 0.362. The number of thiazole rings is 1. The highest BCUT2D eigenvalue weighted by Gasteiger charge is 2.20. The molecular formula is C25H21N3O3S. The van der Waals surface area contributed by atoms with E-state index in [1.54, 1.807) is 23.5 Å². The smallest absolute Gasteiger partial charge is 0.326 e. The van der Waals surface area contributed by atoms with Gasteiger partial charge in [-0.05, 0) is 17.7 Å². The Morgan fingerprint density at radius 3 is 2.19 bits per heavy atom. The van der Waals surface area contributed by atoms with E-state index in [0.717, 1.165) is 27.4 Å². The summed E-state index contributed by atoms with van der Waals surface area (Å²) < 4.78 is 0. The summed E-state index contributed by atoms with van der Waals surface area (Å²) in [7, 11) is 0. The molecule has 0 radical (unpaired) electrons. The van der Waals surface area contributed by atoms with E-state index in [2.05, 4.69) is 10.6 Å². The number of carbonyl (C=O) groups is 2. The standard InChI is InChI=1S/C25H21N3O3S/c29-24(30)21(15-17-7-3-1-4-8-17)28-25(31)26-20-13-11-18(12-14-20)22-16-32-23(27-22)19-9-5-2-6-10-19/h1-14,16,21H,15H2,(H,29,30)(H2,26,28,31)/t21-/m1/s1. The third kappa shape index (κ3) is 5.39. The van der Waals surface area contributed by atoms with Crippen molar-refractivity contribution in [3.63, 3.8) is 0 Å². The minimum Gasteiger partial charge on any atom is -0.480 e. The molecule has 0 aliphatic heterocycles. The number of aliphatic carboxylic acids is 1. The van der Waals surface area contributed by atoms with Crippen molar-refractivity contribution in [2.45, 2.75) is 12.5 Å². The van der Waals surface area contributed by atoms with Crippen molar-refractivity contribution in [2.24, 2.45) is 0 Å². The molecule has 7 heteroatoms. The molecule has 1 heterocycles. The Bertz CT molecular complexity index is 1190. The second-order valence-corrected chi connectivity index (χ2v) is 8.02. The summed E-state index contributed by atoms with van der Waals surface area (Å²) in [4.78, 5) is 28.6. The highest BCUT2D eigenvalue weighted by atomic mass is 32.1. The van der Waals surface area contributed by atoms with E-state index in [4.69, 9.17) is 4.98 Å². The summed E-state index contributed by atoms with van der Waals surface area (Å²) >= 11 is 1.58. The van der Waals surface area contributed by atoms with Gasteiger partial charge in [0, 0.05) is 28.6 Å². The molecule has 1 aromatic heterocycles. The molecule has 0 fully saturated rings. The van der Waals surface area contributed by atoms with E-state index >= 15 is 0 Å². The SMILES string of the molecule is O=C(Nc1ccc(-c2csc(-c3ccccc3)n2)cc1)N[C@H](Cc1ccccc1)C(=O)O. The molecule has 3 aromatic carbocycles. The van der Waals surface area contributed by atoms with Crippen LogP contribution in [0.2, 0.25) is 0 Å². The van der Waals surface area contributed by atoms with Crippen LogP contribution < -0.4 is 10.6 Å². The Morgan fingerprint density at radius 2 is 1.53 bits per heavy atom. The number of nitrogens with zero attached hydrogens (tertiary/aromatic N) is 1. The first kappa shape index (κ1) is 21.3. The number of carbonyl (C=O) groups excluding carboxylic acids is 1. The zero-order valence-electron chi connectivity index (χ0n) is 17.1. The number of benzene rings is 3. The maximum atomic E-state index is 12.3. The van der Waals surface area contributed by atoms with Crippen molar-refractivity contribution < 1.29 is 14.7 Å². The number of aromatic nitrogens is 1. The fourth-order valence-electron chi connectivity index (χ4n) is 3.22. The van der Waals surface area contributed by atoms with Crippen molar-refractivity contribution in [3.8, 4) is 21.8 Å². The molecule has 160 valence electrons. The highest BCUT2D eigenvalue weighted by molar-refractivity contribution is 7.13. The summed E-state index contributed by atoms with van der Waals surface area (Å²) in [5.41, 5.74) is 4.26. The van der Waals surface area contributed by atoms with Gasteiger partial charge in [0.2, 0.25) is 0 Å². The Balaban J connectivity index is 1.38. The topological polar surface area (TPSA) is 91.3 Å². The monoisotopic (exact) mass is 443 g/mol. The number of hydrogen-bond donors (Lipinski definition) is 3. The van der Waals surface area contributed by atoms with E-state index in [1.165, 1.54) is 0 Å². The van der Waals surface area contributed by atoms with Crippen LogP contribution in [0.4, 0.5) is 10.5 Å². The van der Waals surface area contributed by atoms with Gasteiger partial charge in [-0.15, -0.1) is 11.3 Å². The number of carboxylic acids is 1. The molecule has 4 rings (SSSR count). The van der Waals surface area contributed by atoms with Crippen LogP contribution >= 0.6 is 11.3 Å². The van der Waals surface area contributed by atoms with Crippen LogP contribution in [-0.2, 0) is 11.2 Å². The first-order chi connectivity index (χ1) is 15.6. The molecule has 0 unspecified atom stereocenters. The van der Waals surface area contributed by atoms with Crippen LogP contribution in [0.3, 0.4) is 0 Å². The molecule has 6 nitrogen and oxygen atoms in total. The second-order valence-electron chi connectivity index (χ2n) is 7.16. The summed E-state index contributed by atoms with van der Waals surface area (Å²) in [5.74, 6) is -1.09. The van der Waals surface area contributed by atoms with Gasteiger partial charge < -0.3 is 15.7 Å². The summed E-state index contributed by atoms with van der Waals surface area (Å²) in [6.07, 6.45) is 0.204. The Kier molecular flexibility index (Phi) is 6.57. The van der Waals surface area contributed by atoms with Crippen LogP contribution in [0.1, 0.15) is 5.56 Å². The van der Waals surface area contributed by atoms with Gasteiger partial charge in [0.1, 0.15) is 11.0 Å². The molecule has 0 bridgehead atoms. The molecular weight excluding hydrogens is 422 g/mol. The Hall–Kier alpha value is -3.97. The predicted molar refractivity (Wildman–Crippen MR) is 127 cm³/mol. The van der Waals surface area contributed by atoms with E-state index in [9.17, 15) is 14.7 Å². The zero-order valence-corrected chi connectivity index (χ0v) is 17.9. The first-order valence-electron chi connectivity index (χ1n) is 10.0. The number of hydrogen-bond acceptors (Lipinski definition) is 4. The minimum atomic E-state index is -1.09. The van der Waals surface area contributed by atoms with Gasteiger partial charge in [-0.1, -0.05) is 72.8 Å². The number of rotatable bonds is 7. The molecule has 3 N–H and O–H groups in total.